The Kier molecular flexibility index (Phi) is 6.83. The number of anilines is 1. The molecule has 2 amide bonds. The molecule has 0 aliphatic carbocycles. The number of hydrogen-bond donors (Lipinski definition) is 3. The van der Waals surface area contributed by atoms with Crippen LogP contribution in [0.3, 0.4) is 0 Å². The van der Waals surface area contributed by atoms with Crippen LogP contribution in [-0.4, -0.2) is 42.8 Å². The summed E-state index contributed by atoms with van der Waals surface area (Å²) in [7, 11) is -4.01. The normalized spacial score (nSPS) is 10.9. The number of carboxylic acids is 1. The van der Waals surface area contributed by atoms with Crippen LogP contribution in [0.5, 0.6) is 0 Å². The minimum Gasteiger partial charge on any atom is -0.478 e. The molecular weight excluding hydrogens is 391 g/mol. The van der Waals surface area contributed by atoms with Gasteiger partial charge in [0.05, 0.1) is 5.56 Å². The first-order valence-corrected chi connectivity index (χ1v) is 9.81. The van der Waals surface area contributed by atoms with Gasteiger partial charge in [0.2, 0.25) is 11.8 Å². The first-order chi connectivity index (χ1) is 13.1. The summed E-state index contributed by atoms with van der Waals surface area (Å²) < 4.78 is 36.8. The Morgan fingerprint density at radius 2 is 1.46 bits per heavy atom. The highest BCUT2D eigenvalue weighted by atomic mass is 32.2. The second kappa shape index (κ2) is 9.09. The van der Waals surface area contributed by atoms with Crippen molar-refractivity contribution >= 4 is 33.3 Å². The van der Waals surface area contributed by atoms with E-state index >= 15 is 0 Å². The van der Waals surface area contributed by atoms with E-state index in [1.165, 1.54) is 36.4 Å². The predicted octanol–water partition coefficient (Wildman–Crippen LogP) is 1.19. The summed E-state index contributed by atoms with van der Waals surface area (Å²) in [6.45, 7) is 0.00995. The molecule has 0 saturated carbocycles. The van der Waals surface area contributed by atoms with E-state index in [1.54, 1.807) is 0 Å². The number of halogens is 1. The predicted molar refractivity (Wildman–Crippen MR) is 98.9 cm³/mol. The van der Waals surface area contributed by atoms with Gasteiger partial charge in [-0.25, -0.2) is 17.6 Å². The van der Waals surface area contributed by atoms with Gasteiger partial charge in [-0.05, 0) is 42.0 Å². The van der Waals surface area contributed by atoms with Gasteiger partial charge in [-0.15, -0.1) is 0 Å². The topological polar surface area (TPSA) is 130 Å². The molecule has 8 nitrogen and oxygen atoms in total. The molecule has 0 aliphatic rings. The third-order valence-corrected chi connectivity index (χ3v) is 4.92. The molecule has 148 valence electrons. The fourth-order valence-electron chi connectivity index (χ4n) is 2.20. The number of amides is 2. The van der Waals surface area contributed by atoms with E-state index in [-0.39, 0.29) is 17.8 Å². The molecule has 10 heteroatoms. The van der Waals surface area contributed by atoms with Crippen LogP contribution in [0.25, 0.3) is 0 Å². The molecule has 0 unspecified atom stereocenters. The number of sulfone groups is 1. The van der Waals surface area contributed by atoms with Crippen molar-refractivity contribution in [3.63, 3.8) is 0 Å². The highest BCUT2D eigenvalue weighted by Crippen LogP contribution is 2.08. The number of carbonyl (C=O) groups excluding carboxylic acids is 2. The summed E-state index contributed by atoms with van der Waals surface area (Å²) in [4.78, 5) is 34.4. The number of carboxylic acid groups (broad SMARTS) is 1. The van der Waals surface area contributed by atoms with Crippen molar-refractivity contribution in [2.45, 2.75) is 6.54 Å². The molecular formula is C18H17FN2O6S. The first kappa shape index (κ1) is 21.0. The molecule has 0 atom stereocenters. The van der Waals surface area contributed by atoms with E-state index in [0.717, 1.165) is 12.1 Å². The Hall–Kier alpha value is -3.27. The summed E-state index contributed by atoms with van der Waals surface area (Å²) in [5, 5.41) is 13.5. The van der Waals surface area contributed by atoms with Crippen molar-refractivity contribution in [2.75, 3.05) is 16.8 Å². The molecule has 0 bridgehead atoms. The number of benzene rings is 2. The van der Waals surface area contributed by atoms with Gasteiger partial charge in [-0.1, -0.05) is 12.1 Å². The zero-order chi connectivity index (χ0) is 20.7. The Morgan fingerprint density at radius 3 is 2.04 bits per heavy atom. The van der Waals surface area contributed by atoms with Gasteiger partial charge in [-0.3, -0.25) is 9.59 Å². The third-order valence-electron chi connectivity index (χ3n) is 3.52. The Labute approximate surface area is 160 Å². The Morgan fingerprint density at radius 1 is 0.893 bits per heavy atom. The van der Waals surface area contributed by atoms with Gasteiger partial charge < -0.3 is 15.7 Å². The maximum Gasteiger partial charge on any atom is 0.335 e. The number of aromatic carboxylic acids is 1. The van der Waals surface area contributed by atoms with Crippen molar-refractivity contribution in [3.05, 3.63) is 65.5 Å². The van der Waals surface area contributed by atoms with Gasteiger partial charge in [0.1, 0.15) is 17.3 Å². The molecule has 28 heavy (non-hydrogen) atoms. The summed E-state index contributed by atoms with van der Waals surface area (Å²) in [5.41, 5.74) is 0.908. The Balaban J connectivity index is 1.83. The van der Waals surface area contributed by atoms with Crippen LogP contribution in [0.2, 0.25) is 0 Å². The van der Waals surface area contributed by atoms with Crippen molar-refractivity contribution in [1.82, 2.24) is 5.32 Å². The molecule has 3 N–H and O–H groups in total. The fraction of sp³-hybridized carbons (Fsp3) is 0.167. The van der Waals surface area contributed by atoms with Crippen LogP contribution in [-0.2, 0) is 26.0 Å². The molecule has 2 aromatic carbocycles. The average Bonchev–Trinajstić information content (AvgIpc) is 2.61. The summed E-state index contributed by atoms with van der Waals surface area (Å²) in [5.74, 6) is -5.00. The van der Waals surface area contributed by atoms with Crippen molar-refractivity contribution in [3.8, 4) is 0 Å². The van der Waals surface area contributed by atoms with Crippen LogP contribution < -0.4 is 10.6 Å². The number of hydrogen-bond acceptors (Lipinski definition) is 5. The lowest BCUT2D eigenvalue weighted by atomic mass is 10.1. The quantitative estimate of drug-likeness (QED) is 0.602. The van der Waals surface area contributed by atoms with Crippen molar-refractivity contribution in [2.24, 2.45) is 0 Å². The van der Waals surface area contributed by atoms with Gasteiger partial charge in [0.15, 0.2) is 9.84 Å². The highest BCUT2D eigenvalue weighted by Gasteiger charge is 2.21. The molecule has 2 aromatic rings. The van der Waals surface area contributed by atoms with E-state index in [1.807, 2.05) is 0 Å². The maximum atomic E-state index is 12.8. The van der Waals surface area contributed by atoms with Gasteiger partial charge in [-0.2, -0.15) is 0 Å². The Bertz CT molecular complexity index is 972. The summed E-state index contributed by atoms with van der Waals surface area (Å²) in [6.07, 6.45) is 0. The van der Waals surface area contributed by atoms with E-state index in [0.29, 0.717) is 5.56 Å². The average molecular weight is 408 g/mol. The lowest BCUT2D eigenvalue weighted by molar-refractivity contribution is -0.118. The van der Waals surface area contributed by atoms with Crippen molar-refractivity contribution < 1.29 is 32.3 Å². The van der Waals surface area contributed by atoms with Gasteiger partial charge in [0.25, 0.3) is 0 Å². The van der Waals surface area contributed by atoms with Crippen LogP contribution in [0.4, 0.5) is 10.1 Å². The molecule has 0 aliphatic heterocycles. The summed E-state index contributed by atoms with van der Waals surface area (Å²) >= 11 is 0. The lowest BCUT2D eigenvalue weighted by Crippen LogP contribution is -2.33. The molecule has 0 fully saturated rings. The lowest BCUT2D eigenvalue weighted by Gasteiger charge is -2.08. The molecule has 0 heterocycles. The fourth-order valence-corrected chi connectivity index (χ4v) is 3.27. The summed E-state index contributed by atoms with van der Waals surface area (Å²) in [6, 6.07) is 10.5. The first-order valence-electron chi connectivity index (χ1n) is 7.99. The molecule has 0 spiro atoms. The van der Waals surface area contributed by atoms with Crippen LogP contribution in [0, 0.1) is 5.82 Å². The van der Waals surface area contributed by atoms with Crippen LogP contribution >= 0.6 is 0 Å². The number of nitrogens with one attached hydrogen (secondary N) is 2. The standard InChI is InChI=1S/C18H17FN2O6S/c19-14-5-7-15(8-6-14)21-17(23)11-28(26,27)10-16(22)20-9-12-1-3-13(4-2-12)18(24)25/h1-8H,9-11H2,(H,20,22)(H,21,23)(H,24,25). The minimum absolute atomic E-state index is 0.00995. The van der Waals surface area contributed by atoms with Crippen molar-refractivity contribution in [1.29, 1.82) is 0 Å². The second-order valence-corrected chi connectivity index (χ2v) is 7.93. The van der Waals surface area contributed by atoms with Gasteiger partial charge >= 0.3 is 5.97 Å². The van der Waals surface area contributed by atoms with E-state index < -0.39 is 44.9 Å². The highest BCUT2D eigenvalue weighted by molar-refractivity contribution is 7.92. The zero-order valence-electron chi connectivity index (χ0n) is 14.5. The molecule has 0 aromatic heterocycles. The van der Waals surface area contributed by atoms with Crippen LogP contribution in [0.1, 0.15) is 15.9 Å². The zero-order valence-corrected chi connectivity index (χ0v) is 15.3. The minimum atomic E-state index is -4.01. The SMILES string of the molecule is O=C(CS(=O)(=O)CC(=O)Nc1ccc(F)cc1)NCc1ccc(C(=O)O)cc1. The monoisotopic (exact) mass is 408 g/mol. The second-order valence-electron chi connectivity index (χ2n) is 5.87. The van der Waals surface area contributed by atoms with Crippen LogP contribution in [0.15, 0.2) is 48.5 Å². The number of carbonyl (C=O) groups is 3. The molecule has 0 radical (unpaired) electrons. The van der Waals surface area contributed by atoms with Gasteiger partial charge in [0, 0.05) is 12.2 Å². The largest absolute Gasteiger partial charge is 0.478 e. The van der Waals surface area contributed by atoms with E-state index in [2.05, 4.69) is 10.6 Å². The third kappa shape index (κ3) is 6.80. The van der Waals surface area contributed by atoms with E-state index in [9.17, 15) is 27.2 Å². The smallest absolute Gasteiger partial charge is 0.335 e. The number of rotatable bonds is 8. The molecule has 2 rings (SSSR count). The van der Waals surface area contributed by atoms with E-state index in [4.69, 9.17) is 5.11 Å². The maximum absolute atomic E-state index is 12.8. The molecule has 0 saturated heterocycles.